The van der Waals surface area contributed by atoms with Crippen molar-refractivity contribution in [2.24, 2.45) is 5.92 Å². The molecular weight excluding hydrogens is 374 g/mol. The van der Waals surface area contributed by atoms with Crippen LogP contribution < -0.4 is 0 Å². The summed E-state index contributed by atoms with van der Waals surface area (Å²) in [5.41, 5.74) is 4.79. The maximum atomic E-state index is 13.7. The van der Waals surface area contributed by atoms with Gasteiger partial charge in [-0.05, 0) is 69.2 Å². The van der Waals surface area contributed by atoms with E-state index in [1.54, 1.807) is 12.4 Å². The number of nitrogens with zero attached hydrogens (tertiary/aromatic N) is 5. The number of aromatic nitrogens is 4. The smallest absolute Gasteiger partial charge is 0.256 e. The maximum Gasteiger partial charge on any atom is 0.256 e. The number of hydrogen-bond acceptors (Lipinski definition) is 4. The average Bonchev–Trinajstić information content (AvgIpc) is 3.28. The van der Waals surface area contributed by atoms with Crippen LogP contribution in [-0.4, -0.2) is 43.4 Å². The number of carbonyl (C=O) groups excluding carboxylic acids is 1. The summed E-state index contributed by atoms with van der Waals surface area (Å²) < 4.78 is 0. The molecule has 3 heterocycles. The Morgan fingerprint density at radius 1 is 1.13 bits per heavy atom. The lowest BCUT2D eigenvalue weighted by molar-refractivity contribution is 0.0498. The zero-order chi connectivity index (χ0) is 21.1. The van der Waals surface area contributed by atoms with Crippen LogP contribution in [0.5, 0.6) is 0 Å². The van der Waals surface area contributed by atoms with Crippen molar-refractivity contribution in [2.75, 3.05) is 6.54 Å². The summed E-state index contributed by atoms with van der Waals surface area (Å²) >= 11 is 0. The molecule has 0 bridgehead atoms. The minimum Gasteiger partial charge on any atom is -0.335 e. The van der Waals surface area contributed by atoms with Gasteiger partial charge in [0.05, 0.1) is 23.6 Å². The number of likely N-dealkylation sites (tertiary alicyclic amines) is 1. The van der Waals surface area contributed by atoms with Crippen LogP contribution in [0.3, 0.4) is 0 Å². The molecule has 1 saturated heterocycles. The Bertz CT molecular complexity index is 1010. The van der Waals surface area contributed by atoms with E-state index in [4.69, 9.17) is 0 Å². The number of amides is 1. The molecule has 2 aromatic heterocycles. The Hall–Kier alpha value is -3.02. The molecule has 1 aromatic carbocycles. The van der Waals surface area contributed by atoms with E-state index in [9.17, 15) is 4.79 Å². The molecule has 6 heteroatoms. The van der Waals surface area contributed by atoms with Crippen LogP contribution in [0.2, 0.25) is 0 Å². The fourth-order valence-electron chi connectivity index (χ4n) is 4.50. The van der Waals surface area contributed by atoms with E-state index in [1.165, 1.54) is 10.4 Å². The second kappa shape index (κ2) is 8.78. The third-order valence-corrected chi connectivity index (χ3v) is 6.19. The Morgan fingerprint density at radius 2 is 1.93 bits per heavy atom. The molecule has 6 nitrogen and oxygen atoms in total. The lowest BCUT2D eigenvalue weighted by atomic mass is 9.86. The first-order valence-corrected chi connectivity index (χ1v) is 10.7. The first-order valence-electron chi connectivity index (χ1n) is 10.7. The summed E-state index contributed by atoms with van der Waals surface area (Å²) in [6.45, 7) is 7.17. The normalized spacial score (nSPS) is 19.1. The molecule has 30 heavy (non-hydrogen) atoms. The molecule has 3 aromatic rings. The highest BCUT2D eigenvalue weighted by Gasteiger charge is 2.33. The van der Waals surface area contributed by atoms with E-state index in [-0.39, 0.29) is 11.9 Å². The first kappa shape index (κ1) is 20.3. The maximum absolute atomic E-state index is 13.7. The van der Waals surface area contributed by atoms with Gasteiger partial charge in [-0.25, -0.2) is 0 Å². The zero-order valence-corrected chi connectivity index (χ0v) is 18.0. The van der Waals surface area contributed by atoms with Gasteiger partial charge in [-0.2, -0.15) is 15.0 Å². The van der Waals surface area contributed by atoms with Gasteiger partial charge in [0.2, 0.25) is 0 Å². The van der Waals surface area contributed by atoms with E-state index in [0.717, 1.165) is 49.2 Å². The van der Waals surface area contributed by atoms with Crippen LogP contribution >= 0.6 is 0 Å². The third-order valence-electron chi connectivity index (χ3n) is 6.19. The first-order chi connectivity index (χ1) is 14.5. The number of rotatable bonds is 5. The SMILES string of the molecule is Cc1ccc(-n2nccn2)c(C(=O)N2CCC[C@@H](C)[C@H]2CCc2ncccc2C)c1. The summed E-state index contributed by atoms with van der Waals surface area (Å²) in [7, 11) is 0. The van der Waals surface area contributed by atoms with E-state index in [2.05, 4.69) is 40.0 Å². The average molecular weight is 404 g/mol. The molecular formula is C24H29N5O. The molecule has 0 N–H and O–H groups in total. The van der Waals surface area contributed by atoms with Gasteiger partial charge in [0.15, 0.2) is 0 Å². The quantitative estimate of drug-likeness (QED) is 0.642. The van der Waals surface area contributed by atoms with Crippen LogP contribution in [0.15, 0.2) is 48.9 Å². The monoisotopic (exact) mass is 403 g/mol. The van der Waals surface area contributed by atoms with Gasteiger partial charge in [0.1, 0.15) is 0 Å². The topological polar surface area (TPSA) is 63.9 Å². The van der Waals surface area contributed by atoms with Crippen LogP contribution in [-0.2, 0) is 6.42 Å². The largest absolute Gasteiger partial charge is 0.335 e. The summed E-state index contributed by atoms with van der Waals surface area (Å²) in [6.07, 6.45) is 9.11. The molecule has 0 radical (unpaired) electrons. The molecule has 0 aliphatic carbocycles. The van der Waals surface area contributed by atoms with Crippen LogP contribution in [0.4, 0.5) is 0 Å². The number of hydrogen-bond donors (Lipinski definition) is 0. The van der Waals surface area contributed by atoms with E-state index in [0.29, 0.717) is 11.5 Å². The van der Waals surface area contributed by atoms with Crippen LogP contribution in [0.1, 0.15) is 53.4 Å². The van der Waals surface area contributed by atoms with Gasteiger partial charge in [0, 0.05) is 24.5 Å². The van der Waals surface area contributed by atoms with Crippen molar-refractivity contribution in [3.05, 3.63) is 71.3 Å². The fraction of sp³-hybridized carbons (Fsp3) is 0.417. The van der Waals surface area contributed by atoms with E-state index >= 15 is 0 Å². The van der Waals surface area contributed by atoms with Crippen LogP contribution in [0, 0.1) is 19.8 Å². The van der Waals surface area contributed by atoms with Crippen molar-refractivity contribution in [1.82, 2.24) is 24.9 Å². The van der Waals surface area contributed by atoms with Crippen molar-refractivity contribution in [3.8, 4) is 5.69 Å². The number of aryl methyl sites for hydroxylation is 3. The third kappa shape index (κ3) is 4.13. The molecule has 0 spiro atoms. The molecule has 2 atom stereocenters. The predicted octanol–water partition coefficient (Wildman–Crippen LogP) is 4.15. The lowest BCUT2D eigenvalue weighted by Crippen LogP contribution is -2.48. The Kier molecular flexibility index (Phi) is 5.93. The number of pyridine rings is 1. The summed E-state index contributed by atoms with van der Waals surface area (Å²) in [4.78, 5) is 21.9. The van der Waals surface area contributed by atoms with Crippen molar-refractivity contribution in [1.29, 1.82) is 0 Å². The van der Waals surface area contributed by atoms with E-state index < -0.39 is 0 Å². The Balaban J connectivity index is 1.62. The van der Waals surface area contributed by atoms with Gasteiger partial charge in [-0.3, -0.25) is 9.78 Å². The molecule has 1 aliphatic heterocycles. The standard InChI is InChI=1S/C24H29N5O/c1-17-8-10-23(29-26-13-14-27-29)20(16-17)24(30)28-15-5-7-19(3)22(28)11-9-21-18(2)6-4-12-25-21/h4,6,8,10,12-14,16,19,22H,5,7,9,11,15H2,1-3H3/t19-,22-/m1/s1. The Labute approximate surface area is 177 Å². The molecule has 1 fully saturated rings. The highest BCUT2D eigenvalue weighted by Crippen LogP contribution is 2.29. The van der Waals surface area contributed by atoms with Crippen molar-refractivity contribution in [2.45, 2.75) is 52.5 Å². The molecule has 0 saturated carbocycles. The lowest BCUT2D eigenvalue weighted by Gasteiger charge is -2.40. The van der Waals surface area contributed by atoms with Crippen molar-refractivity contribution >= 4 is 5.91 Å². The molecule has 156 valence electrons. The summed E-state index contributed by atoms with van der Waals surface area (Å²) in [5.74, 6) is 0.531. The van der Waals surface area contributed by atoms with Crippen molar-refractivity contribution < 1.29 is 4.79 Å². The molecule has 4 rings (SSSR count). The molecule has 0 unspecified atom stereocenters. The van der Waals surface area contributed by atoms with Gasteiger partial charge < -0.3 is 4.90 Å². The fourth-order valence-corrected chi connectivity index (χ4v) is 4.50. The highest BCUT2D eigenvalue weighted by molar-refractivity contribution is 5.98. The van der Waals surface area contributed by atoms with Gasteiger partial charge >= 0.3 is 0 Å². The summed E-state index contributed by atoms with van der Waals surface area (Å²) in [6, 6.07) is 10.2. The van der Waals surface area contributed by atoms with E-state index in [1.807, 2.05) is 37.4 Å². The number of piperidine rings is 1. The minimum absolute atomic E-state index is 0.0697. The van der Waals surface area contributed by atoms with Gasteiger partial charge in [0.25, 0.3) is 5.91 Å². The van der Waals surface area contributed by atoms with Crippen LogP contribution in [0.25, 0.3) is 5.69 Å². The predicted molar refractivity (Wildman–Crippen MR) is 117 cm³/mol. The zero-order valence-electron chi connectivity index (χ0n) is 18.0. The minimum atomic E-state index is 0.0697. The van der Waals surface area contributed by atoms with Gasteiger partial charge in [-0.1, -0.05) is 24.6 Å². The van der Waals surface area contributed by atoms with Gasteiger partial charge in [-0.15, -0.1) is 0 Å². The number of carbonyl (C=O) groups is 1. The molecule has 1 amide bonds. The second-order valence-electron chi connectivity index (χ2n) is 8.33. The molecule has 1 aliphatic rings. The summed E-state index contributed by atoms with van der Waals surface area (Å²) in [5, 5.41) is 8.50. The van der Waals surface area contributed by atoms with Crippen molar-refractivity contribution in [3.63, 3.8) is 0 Å². The Morgan fingerprint density at radius 3 is 2.70 bits per heavy atom. The number of benzene rings is 1. The highest BCUT2D eigenvalue weighted by atomic mass is 16.2. The second-order valence-corrected chi connectivity index (χ2v) is 8.33.